The van der Waals surface area contributed by atoms with E-state index in [0.717, 1.165) is 6.61 Å². The van der Waals surface area contributed by atoms with Gasteiger partial charge in [-0.2, -0.15) is 0 Å². The highest BCUT2D eigenvalue weighted by Crippen LogP contribution is 2.28. The molecule has 1 N–H and O–H groups in total. The number of nitrogens with zero attached hydrogens (tertiary/aromatic N) is 2. The number of rotatable bonds is 7. The van der Waals surface area contributed by atoms with Crippen molar-refractivity contribution < 1.29 is 9.66 Å². The molecule has 98 valence electrons. The first-order valence-electron chi connectivity index (χ1n) is 5.79. The summed E-state index contributed by atoms with van der Waals surface area (Å²) >= 11 is 5.71. The summed E-state index contributed by atoms with van der Waals surface area (Å²) in [7, 11) is 0. The first-order valence-corrected chi connectivity index (χ1v) is 6.17. The average Bonchev–Trinajstić information content (AvgIpc) is 3.12. The molecule has 0 aromatic carbocycles. The fraction of sp³-hybridized carbons (Fsp3) is 0.545. The second kappa shape index (κ2) is 5.97. The minimum absolute atomic E-state index is 0.0819. The normalized spacial score (nSPS) is 14.5. The van der Waals surface area contributed by atoms with Crippen molar-refractivity contribution in [2.24, 2.45) is 5.92 Å². The summed E-state index contributed by atoms with van der Waals surface area (Å²) in [4.78, 5) is 14.2. The maximum atomic E-state index is 10.8. The van der Waals surface area contributed by atoms with E-state index in [4.69, 9.17) is 16.3 Å². The van der Waals surface area contributed by atoms with E-state index < -0.39 is 4.92 Å². The van der Waals surface area contributed by atoms with Gasteiger partial charge in [0.15, 0.2) is 0 Å². The van der Waals surface area contributed by atoms with Crippen LogP contribution >= 0.6 is 11.6 Å². The minimum Gasteiger partial charge on any atom is -0.379 e. The van der Waals surface area contributed by atoms with Crippen molar-refractivity contribution in [1.82, 2.24) is 4.98 Å². The lowest BCUT2D eigenvalue weighted by atomic mass is 10.4. The molecule has 1 aliphatic rings. The fourth-order valence-corrected chi connectivity index (χ4v) is 1.63. The summed E-state index contributed by atoms with van der Waals surface area (Å²) in [6.45, 7) is 1.75. The fourth-order valence-electron chi connectivity index (χ4n) is 1.48. The second-order valence-corrected chi connectivity index (χ2v) is 4.59. The summed E-state index contributed by atoms with van der Waals surface area (Å²) in [6, 6.07) is 2.73. The number of pyridine rings is 1. The highest BCUT2D eigenvalue weighted by Gasteiger charge is 2.21. The molecule has 0 unspecified atom stereocenters. The number of hydrogen-bond donors (Lipinski definition) is 1. The third kappa shape index (κ3) is 3.82. The van der Waals surface area contributed by atoms with E-state index in [-0.39, 0.29) is 16.7 Å². The van der Waals surface area contributed by atoms with E-state index in [2.05, 4.69) is 10.3 Å². The van der Waals surface area contributed by atoms with Crippen molar-refractivity contribution in [2.75, 3.05) is 25.1 Å². The summed E-state index contributed by atoms with van der Waals surface area (Å²) in [5.41, 5.74) is -0.0819. The lowest BCUT2D eigenvalue weighted by Gasteiger charge is -2.07. The molecular formula is C11H14ClN3O3. The molecule has 0 aliphatic heterocycles. The SMILES string of the molecule is O=[N+]([O-])c1ccc(Cl)nc1NCCOCC1CC1. The van der Waals surface area contributed by atoms with Crippen LogP contribution < -0.4 is 5.32 Å². The molecule has 1 heterocycles. The standard InChI is InChI=1S/C11H14ClN3O3/c12-10-4-3-9(15(16)17)11(14-10)13-5-6-18-7-8-1-2-8/h3-4,8H,1-2,5-7H2,(H,13,14). The summed E-state index contributed by atoms with van der Waals surface area (Å²) in [5.74, 6) is 0.895. The maximum absolute atomic E-state index is 10.8. The van der Waals surface area contributed by atoms with Crippen molar-refractivity contribution in [1.29, 1.82) is 0 Å². The molecule has 0 amide bonds. The molecule has 7 heteroatoms. The zero-order valence-corrected chi connectivity index (χ0v) is 10.5. The van der Waals surface area contributed by atoms with Crippen LogP contribution in [0.25, 0.3) is 0 Å². The Balaban J connectivity index is 1.82. The predicted molar refractivity (Wildman–Crippen MR) is 67.9 cm³/mol. The first-order chi connectivity index (χ1) is 8.66. The number of halogens is 1. The molecule has 2 rings (SSSR count). The Morgan fingerprint density at radius 1 is 1.56 bits per heavy atom. The van der Waals surface area contributed by atoms with Gasteiger partial charge in [-0.25, -0.2) is 4.98 Å². The Bertz CT molecular complexity index is 438. The number of aromatic nitrogens is 1. The molecule has 0 saturated heterocycles. The van der Waals surface area contributed by atoms with Crippen LogP contribution in [0.1, 0.15) is 12.8 Å². The monoisotopic (exact) mass is 271 g/mol. The van der Waals surface area contributed by atoms with Crippen LogP contribution in [-0.2, 0) is 4.74 Å². The number of ether oxygens (including phenoxy) is 1. The zero-order valence-electron chi connectivity index (χ0n) is 9.76. The molecule has 0 bridgehead atoms. The Kier molecular flexibility index (Phi) is 4.33. The van der Waals surface area contributed by atoms with Gasteiger partial charge in [0.1, 0.15) is 5.15 Å². The minimum atomic E-state index is -0.489. The first kappa shape index (κ1) is 13.0. The van der Waals surface area contributed by atoms with Gasteiger partial charge in [-0.15, -0.1) is 0 Å². The highest BCUT2D eigenvalue weighted by atomic mass is 35.5. The van der Waals surface area contributed by atoms with E-state index in [1.165, 1.54) is 25.0 Å². The van der Waals surface area contributed by atoms with Crippen LogP contribution in [0.3, 0.4) is 0 Å². The lowest BCUT2D eigenvalue weighted by molar-refractivity contribution is -0.384. The van der Waals surface area contributed by atoms with E-state index in [1.807, 2.05) is 0 Å². The topological polar surface area (TPSA) is 77.3 Å². The van der Waals surface area contributed by atoms with Crippen molar-refractivity contribution in [3.8, 4) is 0 Å². The lowest BCUT2D eigenvalue weighted by Crippen LogP contribution is -2.12. The third-order valence-corrected chi connectivity index (χ3v) is 2.84. The molecule has 0 atom stereocenters. The van der Waals surface area contributed by atoms with Crippen molar-refractivity contribution in [3.63, 3.8) is 0 Å². The highest BCUT2D eigenvalue weighted by molar-refractivity contribution is 6.29. The molecule has 1 aliphatic carbocycles. The van der Waals surface area contributed by atoms with Gasteiger partial charge in [0.05, 0.1) is 11.5 Å². The van der Waals surface area contributed by atoms with Crippen molar-refractivity contribution in [2.45, 2.75) is 12.8 Å². The molecule has 1 aromatic rings. The Hall–Kier alpha value is -1.40. The number of nitrogens with one attached hydrogen (secondary N) is 1. The predicted octanol–water partition coefficient (Wildman–Crippen LogP) is 2.48. The Morgan fingerprint density at radius 3 is 3.00 bits per heavy atom. The van der Waals surface area contributed by atoms with E-state index >= 15 is 0 Å². The molecule has 6 nitrogen and oxygen atoms in total. The molecule has 0 radical (unpaired) electrons. The second-order valence-electron chi connectivity index (χ2n) is 4.20. The smallest absolute Gasteiger partial charge is 0.311 e. The molecular weight excluding hydrogens is 258 g/mol. The molecule has 0 spiro atoms. The van der Waals surface area contributed by atoms with Crippen LogP contribution in [0.2, 0.25) is 5.15 Å². The molecule has 1 aromatic heterocycles. The Morgan fingerprint density at radius 2 is 2.33 bits per heavy atom. The van der Waals surface area contributed by atoms with Crippen LogP contribution in [0.5, 0.6) is 0 Å². The van der Waals surface area contributed by atoms with E-state index in [9.17, 15) is 10.1 Å². The van der Waals surface area contributed by atoms with Gasteiger partial charge in [-0.3, -0.25) is 10.1 Å². The van der Waals surface area contributed by atoms with Gasteiger partial charge < -0.3 is 10.1 Å². The molecule has 1 fully saturated rings. The van der Waals surface area contributed by atoms with Crippen molar-refractivity contribution >= 4 is 23.1 Å². The quantitative estimate of drug-likeness (QED) is 0.357. The number of anilines is 1. The van der Waals surface area contributed by atoms with Gasteiger partial charge >= 0.3 is 5.69 Å². The summed E-state index contributed by atoms with van der Waals surface area (Å²) in [5, 5.41) is 13.9. The van der Waals surface area contributed by atoms with E-state index in [1.54, 1.807) is 0 Å². The van der Waals surface area contributed by atoms with E-state index in [0.29, 0.717) is 19.1 Å². The molecule has 1 saturated carbocycles. The van der Waals surface area contributed by atoms with Gasteiger partial charge in [0, 0.05) is 19.2 Å². The Labute approximate surface area is 109 Å². The maximum Gasteiger partial charge on any atom is 0.311 e. The van der Waals surface area contributed by atoms with Gasteiger partial charge in [0.2, 0.25) is 5.82 Å². The van der Waals surface area contributed by atoms with Gasteiger partial charge in [-0.1, -0.05) is 11.6 Å². The van der Waals surface area contributed by atoms with Crippen LogP contribution in [0.4, 0.5) is 11.5 Å². The van der Waals surface area contributed by atoms with Gasteiger partial charge in [-0.05, 0) is 24.8 Å². The number of hydrogen-bond acceptors (Lipinski definition) is 5. The summed E-state index contributed by atoms with van der Waals surface area (Å²) < 4.78 is 5.42. The van der Waals surface area contributed by atoms with Crippen LogP contribution in [0.15, 0.2) is 12.1 Å². The average molecular weight is 272 g/mol. The number of nitro groups is 1. The van der Waals surface area contributed by atoms with Gasteiger partial charge in [0.25, 0.3) is 0 Å². The third-order valence-electron chi connectivity index (χ3n) is 2.63. The molecule has 18 heavy (non-hydrogen) atoms. The summed E-state index contributed by atoms with van der Waals surface area (Å²) in [6.07, 6.45) is 2.49. The van der Waals surface area contributed by atoms with Crippen LogP contribution in [0, 0.1) is 16.0 Å². The van der Waals surface area contributed by atoms with Crippen LogP contribution in [-0.4, -0.2) is 29.7 Å². The largest absolute Gasteiger partial charge is 0.379 e. The zero-order chi connectivity index (χ0) is 13.0. The van der Waals surface area contributed by atoms with Crippen molar-refractivity contribution in [3.05, 3.63) is 27.4 Å².